The van der Waals surface area contributed by atoms with Crippen LogP contribution < -0.4 is 10.6 Å². The molecule has 0 unspecified atom stereocenters. The first kappa shape index (κ1) is 13.2. The van der Waals surface area contributed by atoms with E-state index in [9.17, 15) is 4.79 Å². The van der Waals surface area contributed by atoms with Gasteiger partial charge in [-0.05, 0) is 30.2 Å². The van der Waals surface area contributed by atoms with Gasteiger partial charge in [0, 0.05) is 37.7 Å². The number of aryl methyl sites for hydroxylation is 1. The van der Waals surface area contributed by atoms with Crippen molar-refractivity contribution >= 4 is 17.6 Å². The van der Waals surface area contributed by atoms with Crippen LogP contribution in [0.2, 0.25) is 5.02 Å². The Labute approximate surface area is 112 Å². The molecule has 0 saturated carbocycles. The van der Waals surface area contributed by atoms with Crippen molar-refractivity contribution in [3.8, 4) is 0 Å². The summed E-state index contributed by atoms with van der Waals surface area (Å²) in [5, 5.41) is 6.86. The number of carbonyl (C=O) groups excluding carboxylic acids is 1. The fraction of sp³-hybridized carbons (Fsp3) is 0.462. The van der Waals surface area contributed by atoms with Gasteiger partial charge in [0.15, 0.2) is 0 Å². The fourth-order valence-corrected chi connectivity index (χ4v) is 2.18. The Balaban J connectivity index is 1.90. The van der Waals surface area contributed by atoms with E-state index in [1.54, 1.807) is 0 Å². The highest BCUT2D eigenvalue weighted by atomic mass is 35.5. The van der Waals surface area contributed by atoms with Crippen molar-refractivity contribution in [2.45, 2.75) is 13.5 Å². The smallest absolute Gasteiger partial charge is 0.317 e. The average molecular weight is 268 g/mol. The van der Waals surface area contributed by atoms with Crippen LogP contribution in [0.4, 0.5) is 4.79 Å². The van der Waals surface area contributed by atoms with Crippen molar-refractivity contribution in [2.75, 3.05) is 26.2 Å². The number of nitrogens with one attached hydrogen (secondary N) is 2. The average Bonchev–Trinajstić information content (AvgIpc) is 2.40. The third kappa shape index (κ3) is 3.37. The van der Waals surface area contributed by atoms with E-state index in [4.69, 9.17) is 11.6 Å². The molecule has 1 saturated heterocycles. The summed E-state index contributed by atoms with van der Waals surface area (Å²) in [4.78, 5) is 13.8. The van der Waals surface area contributed by atoms with Crippen LogP contribution in [0.1, 0.15) is 11.1 Å². The zero-order valence-electron chi connectivity index (χ0n) is 10.5. The number of urea groups is 1. The van der Waals surface area contributed by atoms with Gasteiger partial charge in [-0.1, -0.05) is 17.7 Å². The Morgan fingerprint density at radius 1 is 1.44 bits per heavy atom. The summed E-state index contributed by atoms with van der Waals surface area (Å²) in [6.07, 6.45) is 0. The van der Waals surface area contributed by atoms with Crippen molar-refractivity contribution in [1.82, 2.24) is 15.5 Å². The molecule has 5 heteroatoms. The lowest BCUT2D eigenvalue weighted by molar-refractivity contribution is 0.189. The topological polar surface area (TPSA) is 44.4 Å². The van der Waals surface area contributed by atoms with Crippen LogP contribution in [0, 0.1) is 6.92 Å². The first-order valence-electron chi connectivity index (χ1n) is 6.15. The summed E-state index contributed by atoms with van der Waals surface area (Å²) in [5.41, 5.74) is 2.20. The maximum Gasteiger partial charge on any atom is 0.317 e. The maximum absolute atomic E-state index is 11.9. The van der Waals surface area contributed by atoms with Crippen LogP contribution in [-0.2, 0) is 6.54 Å². The van der Waals surface area contributed by atoms with E-state index in [1.807, 2.05) is 30.0 Å². The van der Waals surface area contributed by atoms with E-state index in [0.29, 0.717) is 11.6 Å². The molecule has 0 bridgehead atoms. The predicted molar refractivity (Wildman–Crippen MR) is 72.9 cm³/mol. The molecule has 1 fully saturated rings. The first-order chi connectivity index (χ1) is 8.66. The number of hydrogen-bond donors (Lipinski definition) is 2. The number of hydrogen-bond acceptors (Lipinski definition) is 2. The second-order valence-corrected chi connectivity index (χ2v) is 4.90. The number of rotatable bonds is 2. The Kier molecular flexibility index (Phi) is 4.44. The summed E-state index contributed by atoms with van der Waals surface area (Å²) >= 11 is 5.95. The number of nitrogens with zero attached hydrogens (tertiary/aromatic N) is 1. The Bertz CT molecular complexity index is 430. The van der Waals surface area contributed by atoms with Crippen molar-refractivity contribution < 1.29 is 4.79 Å². The molecule has 1 aliphatic heterocycles. The molecule has 0 atom stereocenters. The lowest BCUT2D eigenvalue weighted by Gasteiger charge is -2.27. The molecule has 2 N–H and O–H groups in total. The molecule has 18 heavy (non-hydrogen) atoms. The minimum atomic E-state index is -0.00382. The van der Waals surface area contributed by atoms with Crippen LogP contribution >= 0.6 is 11.6 Å². The molecule has 0 spiro atoms. The van der Waals surface area contributed by atoms with E-state index in [-0.39, 0.29) is 6.03 Å². The second kappa shape index (κ2) is 6.07. The van der Waals surface area contributed by atoms with Gasteiger partial charge in [-0.2, -0.15) is 0 Å². The molecule has 1 aliphatic rings. The standard InChI is InChI=1S/C13H18ClN3O/c1-10-2-3-12(14)8-11(10)9-16-13(18)17-6-4-15-5-7-17/h2-3,8,15H,4-7,9H2,1H3,(H,16,18). The zero-order chi connectivity index (χ0) is 13.0. The van der Waals surface area contributed by atoms with Crippen molar-refractivity contribution in [1.29, 1.82) is 0 Å². The molecule has 4 nitrogen and oxygen atoms in total. The number of piperazine rings is 1. The lowest BCUT2D eigenvalue weighted by atomic mass is 10.1. The third-order valence-electron chi connectivity index (χ3n) is 3.15. The Morgan fingerprint density at radius 3 is 2.89 bits per heavy atom. The van der Waals surface area contributed by atoms with Gasteiger partial charge in [0.05, 0.1) is 0 Å². The van der Waals surface area contributed by atoms with E-state index >= 15 is 0 Å². The van der Waals surface area contributed by atoms with Crippen LogP contribution in [0.5, 0.6) is 0 Å². The van der Waals surface area contributed by atoms with Crippen LogP contribution in [0.15, 0.2) is 18.2 Å². The summed E-state index contributed by atoms with van der Waals surface area (Å²) in [5.74, 6) is 0. The molecular formula is C13H18ClN3O. The molecule has 0 aliphatic carbocycles. The fourth-order valence-electron chi connectivity index (χ4n) is 1.98. The normalized spacial score (nSPS) is 15.6. The molecule has 1 aromatic carbocycles. The van der Waals surface area contributed by atoms with E-state index < -0.39 is 0 Å². The molecule has 1 heterocycles. The van der Waals surface area contributed by atoms with E-state index in [2.05, 4.69) is 10.6 Å². The highest BCUT2D eigenvalue weighted by Crippen LogP contribution is 2.15. The number of benzene rings is 1. The molecule has 98 valence electrons. The van der Waals surface area contributed by atoms with Gasteiger partial charge in [-0.25, -0.2) is 4.79 Å². The van der Waals surface area contributed by atoms with Crippen LogP contribution in [0.3, 0.4) is 0 Å². The highest BCUT2D eigenvalue weighted by Gasteiger charge is 2.15. The van der Waals surface area contributed by atoms with Gasteiger partial charge in [0.2, 0.25) is 0 Å². The van der Waals surface area contributed by atoms with Gasteiger partial charge >= 0.3 is 6.03 Å². The first-order valence-corrected chi connectivity index (χ1v) is 6.53. The summed E-state index contributed by atoms with van der Waals surface area (Å²) < 4.78 is 0. The molecule has 2 rings (SSSR count). The second-order valence-electron chi connectivity index (χ2n) is 4.47. The van der Waals surface area contributed by atoms with Gasteiger partial charge < -0.3 is 15.5 Å². The number of carbonyl (C=O) groups is 1. The molecule has 2 amide bonds. The van der Waals surface area contributed by atoms with Crippen molar-refractivity contribution in [3.63, 3.8) is 0 Å². The third-order valence-corrected chi connectivity index (χ3v) is 3.38. The molecular weight excluding hydrogens is 250 g/mol. The van der Waals surface area contributed by atoms with E-state index in [0.717, 1.165) is 37.3 Å². The molecule has 0 aromatic heterocycles. The lowest BCUT2D eigenvalue weighted by Crippen LogP contribution is -2.50. The van der Waals surface area contributed by atoms with Crippen molar-refractivity contribution in [3.05, 3.63) is 34.3 Å². The minimum absolute atomic E-state index is 0.00382. The van der Waals surface area contributed by atoms with Gasteiger partial charge in [0.25, 0.3) is 0 Å². The summed E-state index contributed by atoms with van der Waals surface area (Å²) in [6.45, 7) is 5.80. The van der Waals surface area contributed by atoms with Gasteiger partial charge in [0.1, 0.15) is 0 Å². The predicted octanol–water partition coefficient (Wildman–Crippen LogP) is 1.76. The van der Waals surface area contributed by atoms with Crippen LogP contribution in [-0.4, -0.2) is 37.1 Å². The molecule has 1 aromatic rings. The zero-order valence-corrected chi connectivity index (χ0v) is 11.3. The number of amides is 2. The Hall–Kier alpha value is -1.26. The monoisotopic (exact) mass is 267 g/mol. The highest BCUT2D eigenvalue weighted by molar-refractivity contribution is 6.30. The van der Waals surface area contributed by atoms with Crippen LogP contribution in [0.25, 0.3) is 0 Å². The Morgan fingerprint density at radius 2 is 2.17 bits per heavy atom. The van der Waals surface area contributed by atoms with E-state index in [1.165, 1.54) is 0 Å². The molecule has 0 radical (unpaired) electrons. The SMILES string of the molecule is Cc1ccc(Cl)cc1CNC(=O)N1CCNCC1. The maximum atomic E-state index is 11.9. The van der Waals surface area contributed by atoms with Gasteiger partial charge in [-0.15, -0.1) is 0 Å². The summed E-state index contributed by atoms with van der Waals surface area (Å²) in [6, 6.07) is 5.72. The minimum Gasteiger partial charge on any atom is -0.334 e. The van der Waals surface area contributed by atoms with Gasteiger partial charge in [-0.3, -0.25) is 0 Å². The largest absolute Gasteiger partial charge is 0.334 e. The van der Waals surface area contributed by atoms with Crippen molar-refractivity contribution in [2.24, 2.45) is 0 Å². The summed E-state index contributed by atoms with van der Waals surface area (Å²) in [7, 11) is 0. The number of halogens is 1. The quantitative estimate of drug-likeness (QED) is 0.858.